The average Bonchev–Trinajstić information content (AvgIpc) is 3.96. The van der Waals surface area contributed by atoms with Crippen molar-refractivity contribution >= 4 is 44.1 Å². The summed E-state index contributed by atoms with van der Waals surface area (Å²) in [5.41, 5.74) is 5.63. The van der Waals surface area contributed by atoms with Crippen LogP contribution >= 0.6 is 0 Å². The molecule has 0 saturated heterocycles. The number of ether oxygens (including phenoxy) is 4. The van der Waals surface area contributed by atoms with Gasteiger partial charge in [-0.1, -0.05) is 100 Å². The lowest BCUT2D eigenvalue weighted by Gasteiger charge is -2.21. The van der Waals surface area contributed by atoms with Crippen molar-refractivity contribution in [2.45, 2.75) is 53.4 Å². The second kappa shape index (κ2) is 14.9. The fourth-order valence-corrected chi connectivity index (χ4v) is 7.14. The Bertz CT molecular complexity index is 2610. The first-order valence-corrected chi connectivity index (χ1v) is 19.5. The number of hydrogen-bond donors (Lipinski definition) is 2. The van der Waals surface area contributed by atoms with E-state index >= 15 is 0 Å². The molecule has 0 spiro atoms. The zero-order valence-electron chi connectivity index (χ0n) is 31.9. The minimum Gasteiger partial charge on any atom is -0.489 e. The predicted molar refractivity (Wildman–Crippen MR) is 219 cm³/mol. The van der Waals surface area contributed by atoms with Gasteiger partial charge in [0.15, 0.2) is 34.8 Å². The van der Waals surface area contributed by atoms with Crippen molar-refractivity contribution in [3.63, 3.8) is 0 Å². The van der Waals surface area contributed by atoms with Crippen molar-refractivity contribution in [1.29, 1.82) is 0 Å². The van der Waals surface area contributed by atoms with Gasteiger partial charge in [-0.05, 0) is 25.7 Å². The fraction of sp³-hybridized carbons (Fsp3) is 0.273. The summed E-state index contributed by atoms with van der Waals surface area (Å²) in [6.45, 7) is 10.0. The third-order valence-electron chi connectivity index (χ3n) is 9.62. The fourth-order valence-electron chi connectivity index (χ4n) is 7.14. The van der Waals surface area contributed by atoms with Crippen molar-refractivity contribution in [2.24, 2.45) is 0 Å². The molecule has 12 heteroatoms. The SMILES string of the molecule is CCCOc1c(OCCC)c(OCCC)c2c3nc4nc(nc5[nH]c(nc6nc(nc([nH]3)c2c1OCCC)-c1ccccc1-6)c1ccccc51)-c1ccccc1-4. The van der Waals surface area contributed by atoms with Crippen LogP contribution < -0.4 is 18.9 Å². The summed E-state index contributed by atoms with van der Waals surface area (Å²) in [6, 6.07) is 24.0. The lowest BCUT2D eigenvalue weighted by atomic mass is 10.1. The van der Waals surface area contributed by atoms with E-state index in [1.165, 1.54) is 0 Å². The molecule has 0 aliphatic carbocycles. The van der Waals surface area contributed by atoms with Crippen molar-refractivity contribution in [2.75, 3.05) is 26.4 Å². The predicted octanol–water partition coefficient (Wildman–Crippen LogP) is 10.0. The molecule has 9 rings (SSSR count). The van der Waals surface area contributed by atoms with Gasteiger partial charge in [-0.15, -0.1) is 0 Å². The summed E-state index contributed by atoms with van der Waals surface area (Å²) in [5, 5.41) is 3.13. The maximum Gasteiger partial charge on any atom is 0.208 e. The normalized spacial score (nSPS) is 11.8. The van der Waals surface area contributed by atoms with E-state index in [4.69, 9.17) is 48.9 Å². The number of benzene rings is 4. The number of aromatic amines is 2. The molecule has 0 unspecified atom stereocenters. The zero-order valence-corrected chi connectivity index (χ0v) is 31.9. The third-order valence-corrected chi connectivity index (χ3v) is 9.62. The average molecular weight is 747 g/mol. The minimum absolute atomic E-state index is 0.434. The Morgan fingerprint density at radius 1 is 0.375 bits per heavy atom. The van der Waals surface area contributed by atoms with Crippen molar-refractivity contribution < 1.29 is 18.9 Å². The first-order valence-electron chi connectivity index (χ1n) is 19.5. The lowest BCUT2D eigenvalue weighted by Crippen LogP contribution is -2.08. The van der Waals surface area contributed by atoms with Gasteiger partial charge in [0.05, 0.1) is 37.2 Å². The van der Waals surface area contributed by atoms with Crippen LogP contribution in [0.4, 0.5) is 0 Å². The van der Waals surface area contributed by atoms with Crippen LogP contribution in [0.25, 0.3) is 89.7 Å². The van der Waals surface area contributed by atoms with E-state index < -0.39 is 0 Å². The van der Waals surface area contributed by atoms with Gasteiger partial charge in [0.25, 0.3) is 0 Å². The van der Waals surface area contributed by atoms with Crippen LogP contribution in [0.3, 0.4) is 0 Å². The van der Waals surface area contributed by atoms with Crippen LogP contribution in [0.2, 0.25) is 0 Å². The molecule has 0 saturated carbocycles. The van der Waals surface area contributed by atoms with E-state index in [0.717, 1.165) is 58.7 Å². The third kappa shape index (κ3) is 6.01. The highest BCUT2D eigenvalue weighted by atomic mass is 16.6. The largest absolute Gasteiger partial charge is 0.489 e. The molecule has 12 nitrogen and oxygen atoms in total. The highest BCUT2D eigenvalue weighted by Gasteiger charge is 2.30. The Morgan fingerprint density at radius 2 is 0.679 bits per heavy atom. The number of rotatable bonds is 12. The number of nitrogens with one attached hydrogen (secondary N) is 2. The molecule has 56 heavy (non-hydrogen) atoms. The molecule has 0 atom stereocenters. The summed E-state index contributed by atoms with van der Waals surface area (Å²) in [6.07, 6.45) is 3.11. The molecule has 0 fully saturated rings. The summed E-state index contributed by atoms with van der Waals surface area (Å²) in [7, 11) is 0. The van der Waals surface area contributed by atoms with Crippen LogP contribution in [0.15, 0.2) is 72.8 Å². The topological polar surface area (TPSA) is 146 Å². The van der Waals surface area contributed by atoms with Gasteiger partial charge in [-0.2, -0.15) is 0 Å². The van der Waals surface area contributed by atoms with Gasteiger partial charge in [0.2, 0.25) is 11.5 Å². The molecule has 3 aromatic heterocycles. The molecular weight excluding hydrogens is 705 g/mol. The second-order valence-corrected chi connectivity index (χ2v) is 13.7. The number of aromatic nitrogens is 8. The van der Waals surface area contributed by atoms with Crippen molar-refractivity contribution in [3.8, 4) is 68.5 Å². The molecule has 4 aromatic carbocycles. The first-order chi connectivity index (χ1) is 27.6. The van der Waals surface area contributed by atoms with Gasteiger partial charge >= 0.3 is 0 Å². The van der Waals surface area contributed by atoms with E-state index in [0.29, 0.717) is 106 Å². The number of hydrogen-bond acceptors (Lipinski definition) is 10. The maximum absolute atomic E-state index is 6.65. The molecule has 5 heterocycles. The first kappa shape index (κ1) is 35.2. The Hall–Kier alpha value is -6.56. The molecule has 2 N–H and O–H groups in total. The van der Waals surface area contributed by atoms with E-state index in [9.17, 15) is 0 Å². The number of fused-ring (bicyclic) bond motifs is 20. The monoisotopic (exact) mass is 746 g/mol. The van der Waals surface area contributed by atoms with Gasteiger partial charge in [-0.25, -0.2) is 29.9 Å². The maximum atomic E-state index is 6.65. The summed E-state index contributed by atoms with van der Waals surface area (Å²) in [5.74, 6) is 3.99. The van der Waals surface area contributed by atoms with Gasteiger partial charge in [-0.3, -0.25) is 0 Å². The standard InChI is InChI=1S/C44H42N8O4/c1-5-21-53-33-31-32(34(54-22-6-2)36(56-24-8-4)35(33)55-23-7-3)44-51-42-30-20-14-12-18-28(30)40(49-42)47-38-26-16-10-9-15-25(26)37(45-38)46-39-27-17-11-13-19-29(27)41(48-39)50-43(31)52-44/h9-20H,5-8,21-24H2,1-4H3,(H2,45,46,47,48,49,50,51,52). The summed E-state index contributed by atoms with van der Waals surface area (Å²) >= 11 is 0. The van der Waals surface area contributed by atoms with Crippen LogP contribution in [0.1, 0.15) is 53.4 Å². The molecule has 7 aromatic rings. The molecule has 8 bridgehead atoms. The smallest absolute Gasteiger partial charge is 0.208 e. The van der Waals surface area contributed by atoms with E-state index in [-0.39, 0.29) is 0 Å². The van der Waals surface area contributed by atoms with Gasteiger partial charge < -0.3 is 28.9 Å². The van der Waals surface area contributed by atoms with Crippen LogP contribution in [0, 0.1) is 0 Å². The Kier molecular flexibility index (Phi) is 9.38. The molecule has 282 valence electrons. The minimum atomic E-state index is 0.434. The summed E-state index contributed by atoms with van der Waals surface area (Å²) < 4.78 is 26.4. The zero-order chi connectivity index (χ0) is 38.2. The van der Waals surface area contributed by atoms with Gasteiger partial charge in [0, 0.05) is 33.0 Å². The number of nitrogens with zero attached hydrogens (tertiary/aromatic N) is 6. The molecular formula is C44H42N8O4. The Morgan fingerprint density at radius 3 is 1.04 bits per heavy atom. The van der Waals surface area contributed by atoms with E-state index in [1.54, 1.807) is 0 Å². The lowest BCUT2D eigenvalue weighted by molar-refractivity contribution is 0.230. The molecule has 2 aliphatic rings. The van der Waals surface area contributed by atoms with Crippen LogP contribution in [0.5, 0.6) is 23.0 Å². The number of H-pyrrole nitrogens is 2. The highest BCUT2D eigenvalue weighted by Crippen LogP contribution is 2.54. The van der Waals surface area contributed by atoms with Gasteiger partial charge in [0.1, 0.15) is 22.6 Å². The molecule has 0 radical (unpaired) electrons. The Labute approximate surface area is 323 Å². The van der Waals surface area contributed by atoms with Crippen molar-refractivity contribution in [1.82, 2.24) is 39.9 Å². The summed E-state index contributed by atoms with van der Waals surface area (Å²) in [4.78, 5) is 38.0. The van der Waals surface area contributed by atoms with E-state index in [2.05, 4.69) is 37.7 Å². The Balaban J connectivity index is 1.51. The van der Waals surface area contributed by atoms with E-state index in [1.807, 2.05) is 72.8 Å². The quantitative estimate of drug-likeness (QED) is 0.124. The second-order valence-electron chi connectivity index (χ2n) is 13.7. The van der Waals surface area contributed by atoms with Crippen LogP contribution in [-0.2, 0) is 0 Å². The highest BCUT2D eigenvalue weighted by molar-refractivity contribution is 6.14. The molecule has 2 aliphatic heterocycles. The van der Waals surface area contributed by atoms with Crippen LogP contribution in [-0.4, -0.2) is 66.3 Å². The van der Waals surface area contributed by atoms with Crippen molar-refractivity contribution in [3.05, 3.63) is 72.8 Å². The molecule has 0 amide bonds.